The van der Waals surface area contributed by atoms with Crippen LogP contribution in [0.25, 0.3) is 55.3 Å². The summed E-state index contributed by atoms with van der Waals surface area (Å²) in [5, 5.41) is 6.38. The number of para-hydroxylation sites is 1. The van der Waals surface area contributed by atoms with Gasteiger partial charge < -0.3 is 4.57 Å². The predicted octanol–water partition coefficient (Wildman–Crippen LogP) is 14.0. The molecule has 0 N–H and O–H groups in total. The van der Waals surface area contributed by atoms with Gasteiger partial charge in [-0.2, -0.15) is 0 Å². The number of hydrogen-bond donors (Lipinski definition) is 0. The maximum absolute atomic E-state index is 5.46. The summed E-state index contributed by atoms with van der Waals surface area (Å²) in [6.07, 6.45) is 35.5. The zero-order valence-corrected chi connectivity index (χ0v) is 33.0. The van der Waals surface area contributed by atoms with Gasteiger partial charge in [-0.3, -0.25) is 4.98 Å². The van der Waals surface area contributed by atoms with Crippen molar-refractivity contribution >= 4 is 55.3 Å². The van der Waals surface area contributed by atoms with Gasteiger partial charge in [0.1, 0.15) is 0 Å². The van der Waals surface area contributed by atoms with Crippen molar-refractivity contribution in [3.8, 4) is 0 Å². The number of fused-ring (bicyclic) bond motifs is 9. The van der Waals surface area contributed by atoms with E-state index in [1.165, 1.54) is 102 Å². The second kappa shape index (κ2) is 13.7. The van der Waals surface area contributed by atoms with Crippen LogP contribution in [0.3, 0.4) is 0 Å². The Kier molecular flexibility index (Phi) is 8.12. The first-order chi connectivity index (χ1) is 28.3. The van der Waals surface area contributed by atoms with Crippen molar-refractivity contribution in [3.63, 3.8) is 0 Å². The Morgan fingerprint density at radius 1 is 0.614 bits per heavy atom. The third-order valence-corrected chi connectivity index (χ3v) is 15.1. The van der Waals surface area contributed by atoms with E-state index < -0.39 is 0 Å². The van der Waals surface area contributed by atoms with Crippen molar-refractivity contribution in [2.75, 3.05) is 0 Å². The van der Waals surface area contributed by atoms with Crippen molar-refractivity contribution in [1.29, 1.82) is 0 Å². The number of nitrogens with zero attached hydrogens (tertiary/aromatic N) is 3. The van der Waals surface area contributed by atoms with E-state index in [2.05, 4.69) is 126 Å². The number of allylic oxidation sites excluding steroid dienone is 11. The second-order valence-electron chi connectivity index (χ2n) is 17.8. The highest BCUT2D eigenvalue weighted by atomic mass is 15.0. The molecule has 0 fully saturated rings. The Morgan fingerprint density at radius 2 is 1.35 bits per heavy atom. The summed E-state index contributed by atoms with van der Waals surface area (Å²) in [6.45, 7) is 0. The van der Waals surface area contributed by atoms with Crippen LogP contribution >= 0.6 is 0 Å². The monoisotopic (exact) mass is 741 g/mol. The molecule has 2 heterocycles. The molecule has 0 saturated carbocycles. The third kappa shape index (κ3) is 5.37. The molecular weight excluding hydrogens is 691 g/mol. The minimum absolute atomic E-state index is 0.302. The van der Waals surface area contributed by atoms with Crippen LogP contribution in [0, 0.1) is 23.7 Å². The van der Waals surface area contributed by atoms with Crippen LogP contribution in [0.15, 0.2) is 138 Å². The SMILES string of the molecule is C1=CC2=C(CC1)C(C1CC=CC(c3cnc4c5ccccc5c5ccccc5c4n3)C1)CCC2C1CCCC2=C1CCC=C2n1c2c(c3ccccc31)CCC=C2. The standard InChI is InChI=1S/C54H51N3/c1-2-17-38-37(16-1)36(34-14-11-15-35(32-34)49-33-55-53-47-22-5-3-18-41(47)42-19-4-6-23-48(42)54(53)56-49)30-31-43(38)39-24-12-26-44-40(39)25-13-29-52(44)57-50-27-9-7-20-45(50)46-21-8-10-28-51(46)57/h2-7,9-11,15,17-20,22-23,27-29,33-36,39,43H,1,8,12-14,16,21,24-26,30-32H2. The maximum atomic E-state index is 5.46. The van der Waals surface area contributed by atoms with E-state index in [9.17, 15) is 0 Å². The van der Waals surface area contributed by atoms with E-state index in [0.29, 0.717) is 29.6 Å². The van der Waals surface area contributed by atoms with Gasteiger partial charge >= 0.3 is 0 Å². The molecule has 0 saturated heterocycles. The molecule has 4 aromatic carbocycles. The number of aryl methyl sites for hydroxylation is 1. The van der Waals surface area contributed by atoms with Crippen molar-refractivity contribution in [1.82, 2.24) is 14.5 Å². The molecule has 6 aliphatic rings. The summed E-state index contributed by atoms with van der Waals surface area (Å²) in [6, 6.07) is 26.6. The average molecular weight is 742 g/mol. The lowest BCUT2D eigenvalue weighted by atomic mass is 9.60. The highest BCUT2D eigenvalue weighted by molar-refractivity contribution is 6.22. The van der Waals surface area contributed by atoms with Crippen LogP contribution < -0.4 is 0 Å². The lowest BCUT2D eigenvalue weighted by Crippen LogP contribution is -2.33. The highest BCUT2D eigenvalue weighted by Gasteiger charge is 2.41. The topological polar surface area (TPSA) is 30.7 Å². The quantitative estimate of drug-likeness (QED) is 0.133. The molecule has 0 bridgehead atoms. The fourth-order valence-electron chi connectivity index (χ4n) is 12.7. The molecule has 3 heteroatoms. The molecule has 0 amide bonds. The van der Waals surface area contributed by atoms with Gasteiger partial charge in [-0.1, -0.05) is 114 Å². The van der Waals surface area contributed by atoms with Crippen LogP contribution in [0.5, 0.6) is 0 Å². The van der Waals surface area contributed by atoms with Gasteiger partial charge in [0.2, 0.25) is 0 Å². The fourth-order valence-corrected chi connectivity index (χ4v) is 12.7. The van der Waals surface area contributed by atoms with Crippen molar-refractivity contribution in [2.45, 2.75) is 89.4 Å². The van der Waals surface area contributed by atoms with Crippen molar-refractivity contribution in [2.24, 2.45) is 23.7 Å². The van der Waals surface area contributed by atoms with Crippen molar-refractivity contribution < 1.29 is 0 Å². The lowest BCUT2D eigenvalue weighted by Gasteiger charge is -2.45. The number of hydrogen-bond acceptors (Lipinski definition) is 2. The van der Waals surface area contributed by atoms with Crippen LogP contribution in [0.4, 0.5) is 0 Å². The van der Waals surface area contributed by atoms with Gasteiger partial charge in [0.25, 0.3) is 0 Å². The zero-order valence-electron chi connectivity index (χ0n) is 33.0. The minimum Gasteiger partial charge on any atom is -0.310 e. The van der Waals surface area contributed by atoms with Gasteiger partial charge in [0.05, 0.1) is 22.2 Å². The maximum Gasteiger partial charge on any atom is 0.0975 e. The first-order valence-electron chi connectivity index (χ1n) is 22.1. The van der Waals surface area contributed by atoms with E-state index in [1.807, 2.05) is 5.57 Å². The minimum atomic E-state index is 0.302. The number of aromatic nitrogens is 3. The molecular formula is C54H51N3. The van der Waals surface area contributed by atoms with Crippen LogP contribution in [0.1, 0.15) is 99.9 Å². The van der Waals surface area contributed by atoms with E-state index in [0.717, 1.165) is 42.4 Å². The highest BCUT2D eigenvalue weighted by Crippen LogP contribution is 2.54. The Balaban J connectivity index is 0.869. The van der Waals surface area contributed by atoms with Gasteiger partial charge in [0.15, 0.2) is 0 Å². The Hall–Kier alpha value is -5.28. The molecule has 0 spiro atoms. The lowest BCUT2D eigenvalue weighted by molar-refractivity contribution is 0.244. The summed E-state index contributed by atoms with van der Waals surface area (Å²) < 4.78 is 2.66. The fraction of sp³-hybridized carbons (Fsp3) is 0.333. The molecule has 57 heavy (non-hydrogen) atoms. The van der Waals surface area contributed by atoms with E-state index in [1.54, 1.807) is 22.3 Å². The van der Waals surface area contributed by atoms with Crippen molar-refractivity contribution in [3.05, 3.63) is 155 Å². The Morgan fingerprint density at radius 3 is 2.23 bits per heavy atom. The van der Waals surface area contributed by atoms with Gasteiger partial charge in [0, 0.05) is 39.7 Å². The molecule has 0 aliphatic heterocycles. The summed E-state index contributed by atoms with van der Waals surface area (Å²) in [5.41, 5.74) is 16.1. The zero-order chi connectivity index (χ0) is 37.5. The van der Waals surface area contributed by atoms with E-state index >= 15 is 0 Å². The molecule has 6 aromatic rings. The average Bonchev–Trinajstić information content (AvgIpc) is 3.62. The molecule has 5 unspecified atom stereocenters. The molecule has 282 valence electrons. The molecule has 6 aliphatic carbocycles. The predicted molar refractivity (Wildman–Crippen MR) is 238 cm³/mol. The number of benzene rings is 4. The molecule has 2 aromatic heterocycles. The van der Waals surface area contributed by atoms with Crippen LogP contribution in [-0.2, 0) is 6.42 Å². The first kappa shape index (κ1) is 33.8. The second-order valence-corrected chi connectivity index (χ2v) is 17.8. The smallest absolute Gasteiger partial charge is 0.0975 e. The molecule has 3 nitrogen and oxygen atoms in total. The summed E-state index contributed by atoms with van der Waals surface area (Å²) in [4.78, 5) is 10.6. The van der Waals surface area contributed by atoms with Crippen LogP contribution in [0.2, 0.25) is 0 Å². The third-order valence-electron chi connectivity index (χ3n) is 15.1. The van der Waals surface area contributed by atoms with Gasteiger partial charge in [-0.25, -0.2) is 4.98 Å². The molecule has 5 atom stereocenters. The summed E-state index contributed by atoms with van der Waals surface area (Å²) in [5.74, 6) is 2.93. The first-order valence-corrected chi connectivity index (χ1v) is 22.1. The van der Waals surface area contributed by atoms with Crippen LogP contribution in [-0.4, -0.2) is 14.5 Å². The van der Waals surface area contributed by atoms with Gasteiger partial charge in [-0.15, -0.1) is 0 Å². The number of rotatable bonds is 4. The molecule has 12 rings (SSSR count). The van der Waals surface area contributed by atoms with Gasteiger partial charge in [-0.05, 0) is 147 Å². The summed E-state index contributed by atoms with van der Waals surface area (Å²) >= 11 is 0. The largest absolute Gasteiger partial charge is 0.310 e. The van der Waals surface area contributed by atoms with E-state index in [-0.39, 0.29) is 0 Å². The summed E-state index contributed by atoms with van der Waals surface area (Å²) in [7, 11) is 0. The Bertz CT molecular complexity index is 2780. The Labute approximate surface area is 336 Å². The molecule has 0 radical (unpaired) electrons. The normalized spacial score (nSPS) is 26.0. The van der Waals surface area contributed by atoms with E-state index in [4.69, 9.17) is 9.97 Å².